The van der Waals surface area contributed by atoms with Gasteiger partial charge in [0.1, 0.15) is 11.5 Å². The van der Waals surface area contributed by atoms with E-state index in [1.54, 1.807) is 13.1 Å². The zero-order valence-corrected chi connectivity index (χ0v) is 12.6. The van der Waals surface area contributed by atoms with Gasteiger partial charge in [0.2, 0.25) is 0 Å². The lowest BCUT2D eigenvalue weighted by Crippen LogP contribution is -2.38. The van der Waals surface area contributed by atoms with E-state index in [1.165, 1.54) is 17.3 Å². The van der Waals surface area contributed by atoms with Gasteiger partial charge in [-0.2, -0.15) is 0 Å². The highest BCUT2D eigenvalue weighted by Crippen LogP contribution is 2.18. The van der Waals surface area contributed by atoms with Crippen LogP contribution >= 0.6 is 0 Å². The zero-order chi connectivity index (χ0) is 15.5. The maximum atomic E-state index is 12.3. The van der Waals surface area contributed by atoms with Crippen molar-refractivity contribution in [1.82, 2.24) is 14.9 Å². The van der Waals surface area contributed by atoms with E-state index in [1.807, 2.05) is 0 Å². The number of sulfone groups is 1. The first kappa shape index (κ1) is 15.4. The molecule has 0 bridgehead atoms. The number of nitrogens with one attached hydrogen (secondary N) is 1. The molecule has 0 aromatic carbocycles. The highest BCUT2D eigenvalue weighted by Gasteiger charge is 2.33. The van der Waals surface area contributed by atoms with E-state index in [0.717, 1.165) is 0 Å². The Labute approximate surface area is 124 Å². The summed E-state index contributed by atoms with van der Waals surface area (Å²) in [6.07, 6.45) is 5.01. The number of aromatic nitrogens is 2. The summed E-state index contributed by atoms with van der Waals surface area (Å²) < 4.78 is 22.9. The summed E-state index contributed by atoms with van der Waals surface area (Å²) >= 11 is 0. The number of rotatable bonds is 5. The molecule has 1 aromatic heterocycles. The second kappa shape index (κ2) is 6.21. The molecular weight excluding hydrogens is 292 g/mol. The molecule has 7 nitrogen and oxygen atoms in total. The van der Waals surface area contributed by atoms with Crippen LogP contribution in [-0.2, 0) is 9.84 Å². The lowest BCUT2D eigenvalue weighted by atomic mass is 10.2. The van der Waals surface area contributed by atoms with Crippen LogP contribution in [0.15, 0.2) is 25.0 Å². The van der Waals surface area contributed by atoms with Crippen molar-refractivity contribution >= 4 is 21.6 Å². The van der Waals surface area contributed by atoms with Crippen molar-refractivity contribution in [2.45, 2.75) is 12.5 Å². The van der Waals surface area contributed by atoms with Crippen LogP contribution in [0.25, 0.3) is 0 Å². The Kier molecular flexibility index (Phi) is 4.56. The molecule has 1 atom stereocenters. The van der Waals surface area contributed by atoms with Crippen LogP contribution < -0.4 is 5.32 Å². The fourth-order valence-electron chi connectivity index (χ4n) is 2.13. The second-order valence-corrected chi connectivity index (χ2v) is 7.16. The van der Waals surface area contributed by atoms with Crippen molar-refractivity contribution < 1.29 is 13.2 Å². The minimum atomic E-state index is -3.02. The van der Waals surface area contributed by atoms with Gasteiger partial charge in [0.25, 0.3) is 5.91 Å². The third-order valence-corrected chi connectivity index (χ3v) is 5.13. The first-order chi connectivity index (χ1) is 9.93. The van der Waals surface area contributed by atoms with E-state index in [-0.39, 0.29) is 29.1 Å². The maximum absolute atomic E-state index is 12.3. The van der Waals surface area contributed by atoms with Gasteiger partial charge in [0.15, 0.2) is 9.84 Å². The van der Waals surface area contributed by atoms with Crippen molar-refractivity contribution in [3.05, 3.63) is 30.7 Å². The Bertz CT molecular complexity index is 627. The molecule has 1 aromatic rings. The molecule has 0 spiro atoms. The number of hydrogen-bond donors (Lipinski definition) is 1. The van der Waals surface area contributed by atoms with Gasteiger partial charge in [-0.05, 0) is 6.42 Å². The predicted molar refractivity (Wildman–Crippen MR) is 79.9 cm³/mol. The zero-order valence-electron chi connectivity index (χ0n) is 11.8. The standard InChI is InChI=1S/C13H18N4O3S/c1-3-5-14-12-8-15-11(7-16-12)13(18)17(2)10-4-6-21(19,20)9-10/h3,7-8,10H,1,4-6,9H2,2H3,(H,14,16). The predicted octanol–water partition coefficient (Wildman–Crippen LogP) is 0.334. The molecule has 1 amide bonds. The summed E-state index contributed by atoms with van der Waals surface area (Å²) in [5.41, 5.74) is 0.200. The van der Waals surface area contributed by atoms with Gasteiger partial charge in [-0.25, -0.2) is 18.4 Å². The molecular formula is C13H18N4O3S. The highest BCUT2D eigenvalue weighted by atomic mass is 32.2. The monoisotopic (exact) mass is 310 g/mol. The normalized spacial score (nSPS) is 20.0. The van der Waals surface area contributed by atoms with Gasteiger partial charge in [-0.15, -0.1) is 6.58 Å². The molecule has 1 unspecified atom stereocenters. The van der Waals surface area contributed by atoms with Crippen LogP contribution in [0.1, 0.15) is 16.9 Å². The molecule has 1 aliphatic heterocycles. The minimum Gasteiger partial charge on any atom is -0.365 e. The maximum Gasteiger partial charge on any atom is 0.274 e. The number of anilines is 1. The Morgan fingerprint density at radius 1 is 1.52 bits per heavy atom. The molecule has 0 aliphatic carbocycles. The van der Waals surface area contributed by atoms with E-state index in [4.69, 9.17) is 0 Å². The molecule has 1 N–H and O–H groups in total. The molecule has 114 valence electrons. The third-order valence-electron chi connectivity index (χ3n) is 3.37. The molecule has 0 saturated carbocycles. The number of carbonyl (C=O) groups excluding carboxylic acids is 1. The van der Waals surface area contributed by atoms with E-state index in [2.05, 4.69) is 21.9 Å². The van der Waals surface area contributed by atoms with Crippen molar-refractivity contribution in [3.63, 3.8) is 0 Å². The second-order valence-electron chi connectivity index (χ2n) is 4.93. The van der Waals surface area contributed by atoms with Crippen molar-refractivity contribution in [2.75, 3.05) is 30.4 Å². The molecule has 1 saturated heterocycles. The van der Waals surface area contributed by atoms with Gasteiger partial charge in [0, 0.05) is 19.6 Å². The van der Waals surface area contributed by atoms with Crippen LogP contribution in [0.5, 0.6) is 0 Å². The van der Waals surface area contributed by atoms with Crippen molar-refractivity contribution in [1.29, 1.82) is 0 Å². The molecule has 1 aliphatic rings. The summed E-state index contributed by atoms with van der Waals surface area (Å²) in [7, 11) is -1.43. The first-order valence-electron chi connectivity index (χ1n) is 6.57. The third kappa shape index (κ3) is 3.78. The van der Waals surface area contributed by atoms with Gasteiger partial charge in [-0.1, -0.05) is 6.08 Å². The molecule has 1 fully saturated rings. The molecule has 0 radical (unpaired) electrons. The fraction of sp³-hybridized carbons (Fsp3) is 0.462. The van der Waals surface area contributed by atoms with Gasteiger partial charge in [0.05, 0.1) is 23.9 Å². The number of carbonyl (C=O) groups is 1. The number of nitrogens with zero attached hydrogens (tertiary/aromatic N) is 3. The lowest BCUT2D eigenvalue weighted by Gasteiger charge is -2.22. The van der Waals surface area contributed by atoms with Crippen LogP contribution in [0.3, 0.4) is 0 Å². The lowest BCUT2D eigenvalue weighted by molar-refractivity contribution is 0.0741. The number of hydrogen-bond acceptors (Lipinski definition) is 6. The van der Waals surface area contributed by atoms with Crippen molar-refractivity contribution in [3.8, 4) is 0 Å². The Balaban J connectivity index is 2.04. The first-order valence-corrected chi connectivity index (χ1v) is 8.39. The number of amides is 1. The average molecular weight is 310 g/mol. The summed E-state index contributed by atoms with van der Waals surface area (Å²) in [5, 5.41) is 2.96. The van der Waals surface area contributed by atoms with Crippen LogP contribution in [-0.4, -0.2) is 60.3 Å². The van der Waals surface area contributed by atoms with Gasteiger partial charge in [-0.3, -0.25) is 4.79 Å². The van der Waals surface area contributed by atoms with E-state index in [9.17, 15) is 13.2 Å². The highest BCUT2D eigenvalue weighted by molar-refractivity contribution is 7.91. The summed E-state index contributed by atoms with van der Waals surface area (Å²) in [6.45, 7) is 4.14. The summed E-state index contributed by atoms with van der Waals surface area (Å²) in [4.78, 5) is 21.8. The van der Waals surface area contributed by atoms with E-state index < -0.39 is 9.84 Å². The van der Waals surface area contributed by atoms with Crippen LogP contribution in [0.4, 0.5) is 5.82 Å². The quantitative estimate of drug-likeness (QED) is 0.788. The van der Waals surface area contributed by atoms with Gasteiger partial charge >= 0.3 is 0 Å². The molecule has 8 heteroatoms. The van der Waals surface area contributed by atoms with Crippen LogP contribution in [0, 0.1) is 0 Å². The van der Waals surface area contributed by atoms with Crippen molar-refractivity contribution in [2.24, 2.45) is 0 Å². The van der Waals surface area contributed by atoms with E-state index in [0.29, 0.717) is 18.8 Å². The minimum absolute atomic E-state index is 0.0155. The van der Waals surface area contributed by atoms with E-state index >= 15 is 0 Å². The molecule has 2 heterocycles. The molecule has 2 rings (SSSR count). The largest absolute Gasteiger partial charge is 0.365 e. The Hall–Kier alpha value is -1.96. The van der Waals surface area contributed by atoms with Crippen LogP contribution in [0.2, 0.25) is 0 Å². The molecule has 21 heavy (non-hydrogen) atoms. The SMILES string of the molecule is C=CCNc1cnc(C(=O)N(C)C2CCS(=O)(=O)C2)cn1. The Morgan fingerprint density at radius 2 is 2.29 bits per heavy atom. The average Bonchev–Trinajstić information content (AvgIpc) is 2.84. The smallest absolute Gasteiger partial charge is 0.274 e. The summed E-state index contributed by atoms with van der Waals surface area (Å²) in [6, 6.07) is -0.289. The fourth-order valence-corrected chi connectivity index (χ4v) is 3.91. The van der Waals surface area contributed by atoms with Gasteiger partial charge < -0.3 is 10.2 Å². The Morgan fingerprint density at radius 3 is 2.81 bits per heavy atom. The summed E-state index contributed by atoms with van der Waals surface area (Å²) in [5.74, 6) is 0.380. The topological polar surface area (TPSA) is 92.3 Å².